The van der Waals surface area contributed by atoms with Crippen molar-refractivity contribution in [2.24, 2.45) is 5.73 Å². The monoisotopic (exact) mass is 472 g/mol. The first-order valence-electron chi connectivity index (χ1n) is 12.3. The van der Waals surface area contributed by atoms with Gasteiger partial charge in [-0.3, -0.25) is 9.69 Å². The molecule has 0 atom stereocenters. The van der Waals surface area contributed by atoms with Gasteiger partial charge in [0, 0.05) is 73.7 Å². The van der Waals surface area contributed by atoms with Crippen molar-refractivity contribution in [3.63, 3.8) is 0 Å². The molecule has 7 nitrogen and oxygen atoms in total. The highest BCUT2D eigenvalue weighted by molar-refractivity contribution is 5.79. The number of aryl methyl sites for hydroxylation is 1. The Morgan fingerprint density at radius 1 is 1.03 bits per heavy atom. The molecule has 0 bridgehead atoms. The van der Waals surface area contributed by atoms with Gasteiger partial charge < -0.3 is 21.3 Å². The summed E-state index contributed by atoms with van der Waals surface area (Å²) in [5, 5.41) is 6.86. The van der Waals surface area contributed by atoms with Gasteiger partial charge in [0.05, 0.1) is 6.42 Å². The maximum Gasteiger partial charge on any atom is 0.221 e. The van der Waals surface area contributed by atoms with E-state index < -0.39 is 0 Å². The molecule has 184 valence electrons. The SMILES string of the molecule is Cc1ccccc1CNc1cc(Nc2ccc(N3CCN(C(C)C)CC3)cc2)ncc1CC(N)=O. The van der Waals surface area contributed by atoms with Crippen molar-refractivity contribution in [1.82, 2.24) is 9.88 Å². The van der Waals surface area contributed by atoms with Crippen molar-refractivity contribution < 1.29 is 4.79 Å². The molecule has 4 rings (SSSR count). The van der Waals surface area contributed by atoms with Gasteiger partial charge in [-0.1, -0.05) is 24.3 Å². The molecule has 7 heteroatoms. The number of nitrogens with two attached hydrogens (primary N) is 1. The number of amides is 1. The van der Waals surface area contributed by atoms with Crippen LogP contribution in [0.25, 0.3) is 0 Å². The number of primary amides is 1. The Hall–Kier alpha value is -3.58. The van der Waals surface area contributed by atoms with Crippen LogP contribution in [0.1, 0.15) is 30.5 Å². The summed E-state index contributed by atoms with van der Waals surface area (Å²) in [6.45, 7) is 11.5. The fourth-order valence-corrected chi connectivity index (χ4v) is 4.44. The largest absolute Gasteiger partial charge is 0.381 e. The summed E-state index contributed by atoms with van der Waals surface area (Å²) in [5.74, 6) is 0.333. The van der Waals surface area contributed by atoms with Gasteiger partial charge in [-0.25, -0.2) is 4.98 Å². The number of carbonyl (C=O) groups excluding carboxylic acids is 1. The molecule has 1 fully saturated rings. The molecular weight excluding hydrogens is 436 g/mol. The van der Waals surface area contributed by atoms with Crippen LogP contribution in [0, 0.1) is 6.92 Å². The van der Waals surface area contributed by atoms with Crippen LogP contribution in [0.15, 0.2) is 60.8 Å². The van der Waals surface area contributed by atoms with E-state index >= 15 is 0 Å². The Labute approximate surface area is 208 Å². The number of nitrogens with one attached hydrogen (secondary N) is 2. The van der Waals surface area contributed by atoms with Crippen LogP contribution in [-0.2, 0) is 17.8 Å². The fourth-order valence-electron chi connectivity index (χ4n) is 4.44. The number of anilines is 4. The second kappa shape index (κ2) is 11.2. The van der Waals surface area contributed by atoms with Crippen molar-refractivity contribution in [1.29, 1.82) is 0 Å². The van der Waals surface area contributed by atoms with E-state index in [9.17, 15) is 4.79 Å². The summed E-state index contributed by atoms with van der Waals surface area (Å²) in [4.78, 5) is 21.1. The van der Waals surface area contributed by atoms with Crippen LogP contribution < -0.4 is 21.3 Å². The van der Waals surface area contributed by atoms with Crippen molar-refractivity contribution in [3.8, 4) is 0 Å². The molecule has 0 aliphatic carbocycles. The third kappa shape index (κ3) is 6.51. The van der Waals surface area contributed by atoms with Gasteiger partial charge in [-0.2, -0.15) is 0 Å². The zero-order valence-electron chi connectivity index (χ0n) is 20.9. The number of benzene rings is 2. The summed E-state index contributed by atoms with van der Waals surface area (Å²) < 4.78 is 0. The Kier molecular flexibility index (Phi) is 7.87. The smallest absolute Gasteiger partial charge is 0.221 e. The minimum absolute atomic E-state index is 0.141. The van der Waals surface area contributed by atoms with Crippen molar-refractivity contribution in [2.45, 2.75) is 39.8 Å². The number of nitrogens with zero attached hydrogens (tertiary/aromatic N) is 3. The number of aromatic nitrogens is 1. The predicted octanol–water partition coefficient (Wildman–Crippen LogP) is 4.30. The first-order chi connectivity index (χ1) is 16.9. The molecule has 1 aliphatic heterocycles. The summed E-state index contributed by atoms with van der Waals surface area (Å²) in [7, 11) is 0. The zero-order chi connectivity index (χ0) is 24.8. The van der Waals surface area contributed by atoms with Gasteiger partial charge in [0.1, 0.15) is 5.82 Å². The molecule has 1 aliphatic rings. The standard InChI is InChI=1S/C28H36N6O/c1-20(2)33-12-14-34(15-13-33)25-10-8-24(9-11-25)32-28-17-26(23(19-31-28)16-27(29)35)30-18-22-7-5-4-6-21(22)3/h4-11,17,19-20H,12-16,18H2,1-3H3,(H2,29,35)(H2,30,31,32). The Morgan fingerprint density at radius 2 is 1.74 bits per heavy atom. The average molecular weight is 473 g/mol. The van der Waals surface area contributed by atoms with Crippen molar-refractivity contribution in [3.05, 3.63) is 77.5 Å². The first kappa shape index (κ1) is 24.5. The Balaban J connectivity index is 1.44. The number of pyridine rings is 1. The average Bonchev–Trinajstić information content (AvgIpc) is 2.85. The fraction of sp³-hybridized carbons (Fsp3) is 0.357. The molecule has 0 unspecified atom stereocenters. The normalized spacial score (nSPS) is 14.2. The highest BCUT2D eigenvalue weighted by Gasteiger charge is 2.19. The lowest BCUT2D eigenvalue weighted by molar-refractivity contribution is -0.117. The molecule has 1 amide bonds. The van der Waals surface area contributed by atoms with Crippen LogP contribution >= 0.6 is 0 Å². The van der Waals surface area contributed by atoms with Crippen LogP contribution in [0.2, 0.25) is 0 Å². The number of hydrogen-bond donors (Lipinski definition) is 3. The van der Waals surface area contributed by atoms with E-state index in [1.54, 1.807) is 6.20 Å². The molecule has 3 aromatic rings. The maximum atomic E-state index is 11.6. The third-order valence-electron chi connectivity index (χ3n) is 6.63. The van der Waals surface area contributed by atoms with Crippen LogP contribution in [-0.4, -0.2) is 48.0 Å². The number of carbonyl (C=O) groups is 1. The van der Waals surface area contributed by atoms with Crippen molar-refractivity contribution >= 4 is 28.8 Å². The minimum atomic E-state index is -0.378. The maximum absolute atomic E-state index is 11.6. The van der Waals surface area contributed by atoms with E-state index in [1.807, 2.05) is 18.2 Å². The van der Waals surface area contributed by atoms with Crippen LogP contribution in [0.4, 0.5) is 22.9 Å². The van der Waals surface area contributed by atoms with E-state index in [0.717, 1.165) is 43.1 Å². The van der Waals surface area contributed by atoms with Gasteiger partial charge in [0.15, 0.2) is 0 Å². The molecule has 2 heterocycles. The highest BCUT2D eigenvalue weighted by Crippen LogP contribution is 2.25. The summed E-state index contributed by atoms with van der Waals surface area (Å²) in [6.07, 6.45) is 1.86. The minimum Gasteiger partial charge on any atom is -0.381 e. The van der Waals surface area contributed by atoms with Gasteiger partial charge in [0.2, 0.25) is 5.91 Å². The number of hydrogen-bond acceptors (Lipinski definition) is 6. The quantitative estimate of drug-likeness (QED) is 0.430. The second-order valence-corrected chi connectivity index (χ2v) is 9.44. The lowest BCUT2D eigenvalue weighted by Gasteiger charge is -2.38. The molecule has 1 saturated heterocycles. The summed E-state index contributed by atoms with van der Waals surface area (Å²) >= 11 is 0. The van der Waals surface area contributed by atoms with Gasteiger partial charge in [-0.05, 0) is 56.2 Å². The highest BCUT2D eigenvalue weighted by atomic mass is 16.1. The van der Waals surface area contributed by atoms with Gasteiger partial charge in [0.25, 0.3) is 0 Å². The Bertz CT molecular complexity index is 1140. The molecule has 2 aromatic carbocycles. The van der Waals surface area contributed by atoms with Crippen molar-refractivity contribution in [2.75, 3.05) is 41.7 Å². The third-order valence-corrected chi connectivity index (χ3v) is 6.63. The number of rotatable bonds is 9. The lowest BCUT2D eigenvalue weighted by atomic mass is 10.1. The predicted molar refractivity (Wildman–Crippen MR) is 144 cm³/mol. The summed E-state index contributed by atoms with van der Waals surface area (Å²) in [5.41, 5.74) is 11.7. The van der Waals surface area contributed by atoms with Gasteiger partial charge >= 0.3 is 0 Å². The Morgan fingerprint density at radius 3 is 2.40 bits per heavy atom. The number of piperazine rings is 1. The lowest BCUT2D eigenvalue weighted by Crippen LogP contribution is -2.48. The van der Waals surface area contributed by atoms with E-state index in [1.165, 1.54) is 16.8 Å². The first-order valence-corrected chi connectivity index (χ1v) is 12.3. The molecule has 0 saturated carbocycles. The molecule has 4 N–H and O–H groups in total. The topological polar surface area (TPSA) is 86.5 Å². The zero-order valence-corrected chi connectivity index (χ0v) is 20.9. The van der Waals surface area contributed by atoms with Gasteiger partial charge in [-0.15, -0.1) is 0 Å². The van der Waals surface area contributed by atoms with E-state index in [0.29, 0.717) is 18.4 Å². The van der Waals surface area contributed by atoms with Crippen LogP contribution in [0.5, 0.6) is 0 Å². The van der Waals surface area contributed by atoms with Crippen LogP contribution in [0.3, 0.4) is 0 Å². The second-order valence-electron chi connectivity index (χ2n) is 9.44. The molecular formula is C28H36N6O. The molecule has 35 heavy (non-hydrogen) atoms. The summed E-state index contributed by atoms with van der Waals surface area (Å²) in [6, 6.07) is 19.3. The van der Waals surface area contributed by atoms with E-state index in [2.05, 4.69) is 82.6 Å². The molecule has 0 radical (unpaired) electrons. The molecule has 1 aromatic heterocycles. The van der Waals surface area contributed by atoms with E-state index in [4.69, 9.17) is 5.73 Å². The van der Waals surface area contributed by atoms with E-state index in [-0.39, 0.29) is 12.3 Å². The molecule has 0 spiro atoms.